The largest absolute Gasteiger partial charge is 0.493 e. The first-order valence-electron chi connectivity index (χ1n) is 9.02. The summed E-state index contributed by atoms with van der Waals surface area (Å²) in [7, 11) is 4.68. The van der Waals surface area contributed by atoms with Gasteiger partial charge in [0.05, 0.1) is 26.9 Å². The Labute approximate surface area is 149 Å². The molecule has 0 spiro atoms. The van der Waals surface area contributed by atoms with Gasteiger partial charge in [-0.15, -0.1) is 0 Å². The SMILES string of the molecule is COc1ccc(C(=O)N2CCCC(N3CCCC3)C2)c(OC)c1OC. The minimum Gasteiger partial charge on any atom is -0.493 e. The van der Waals surface area contributed by atoms with Crippen LogP contribution in [0.2, 0.25) is 0 Å². The van der Waals surface area contributed by atoms with Crippen LogP contribution in [0.5, 0.6) is 17.2 Å². The molecule has 1 aromatic carbocycles. The molecule has 0 aliphatic carbocycles. The summed E-state index contributed by atoms with van der Waals surface area (Å²) < 4.78 is 16.2. The van der Waals surface area contributed by atoms with Gasteiger partial charge >= 0.3 is 0 Å². The molecule has 6 heteroatoms. The normalized spacial score (nSPS) is 21.2. The predicted molar refractivity (Wildman–Crippen MR) is 95.8 cm³/mol. The van der Waals surface area contributed by atoms with Crippen LogP contribution in [-0.2, 0) is 0 Å². The van der Waals surface area contributed by atoms with E-state index < -0.39 is 0 Å². The zero-order valence-electron chi connectivity index (χ0n) is 15.4. The van der Waals surface area contributed by atoms with Gasteiger partial charge in [0.15, 0.2) is 11.5 Å². The summed E-state index contributed by atoms with van der Waals surface area (Å²) in [4.78, 5) is 17.6. The summed E-state index contributed by atoms with van der Waals surface area (Å²) in [5.74, 6) is 1.46. The first-order chi connectivity index (χ1) is 12.2. The van der Waals surface area contributed by atoms with Gasteiger partial charge < -0.3 is 19.1 Å². The fourth-order valence-electron chi connectivity index (χ4n) is 3.98. The van der Waals surface area contributed by atoms with E-state index in [4.69, 9.17) is 14.2 Å². The molecular formula is C19H28N2O4. The van der Waals surface area contributed by atoms with Crippen LogP contribution in [0.4, 0.5) is 0 Å². The molecule has 1 unspecified atom stereocenters. The zero-order chi connectivity index (χ0) is 17.8. The average molecular weight is 348 g/mol. The van der Waals surface area contributed by atoms with Gasteiger partial charge in [-0.25, -0.2) is 0 Å². The topological polar surface area (TPSA) is 51.2 Å². The van der Waals surface area contributed by atoms with Crippen LogP contribution in [-0.4, -0.2) is 69.3 Å². The van der Waals surface area contributed by atoms with E-state index in [-0.39, 0.29) is 5.91 Å². The first kappa shape index (κ1) is 17.9. The Kier molecular flexibility index (Phi) is 5.68. The Morgan fingerprint density at radius 3 is 2.32 bits per heavy atom. The molecule has 3 rings (SSSR count). The van der Waals surface area contributed by atoms with E-state index >= 15 is 0 Å². The zero-order valence-corrected chi connectivity index (χ0v) is 15.4. The highest BCUT2D eigenvalue weighted by Gasteiger charge is 2.31. The second kappa shape index (κ2) is 7.95. The van der Waals surface area contributed by atoms with Crippen LogP contribution >= 0.6 is 0 Å². The summed E-state index contributed by atoms with van der Waals surface area (Å²) in [6.07, 6.45) is 4.76. The van der Waals surface area contributed by atoms with Crippen molar-refractivity contribution in [2.24, 2.45) is 0 Å². The molecule has 0 saturated carbocycles. The van der Waals surface area contributed by atoms with Crippen molar-refractivity contribution in [3.05, 3.63) is 17.7 Å². The van der Waals surface area contributed by atoms with Crippen molar-refractivity contribution in [3.63, 3.8) is 0 Å². The number of benzene rings is 1. The van der Waals surface area contributed by atoms with Crippen molar-refractivity contribution in [3.8, 4) is 17.2 Å². The number of rotatable bonds is 5. The number of hydrogen-bond donors (Lipinski definition) is 0. The fourth-order valence-corrected chi connectivity index (χ4v) is 3.98. The van der Waals surface area contributed by atoms with Gasteiger partial charge in [-0.1, -0.05) is 0 Å². The van der Waals surface area contributed by atoms with Crippen molar-refractivity contribution in [2.75, 3.05) is 47.5 Å². The number of hydrogen-bond acceptors (Lipinski definition) is 5. The molecule has 0 N–H and O–H groups in total. The second-order valence-corrected chi connectivity index (χ2v) is 6.67. The highest BCUT2D eigenvalue weighted by atomic mass is 16.5. The maximum absolute atomic E-state index is 13.1. The number of likely N-dealkylation sites (tertiary alicyclic amines) is 2. The molecule has 138 valence electrons. The average Bonchev–Trinajstić information content (AvgIpc) is 3.21. The van der Waals surface area contributed by atoms with Crippen LogP contribution in [0.25, 0.3) is 0 Å². The number of ether oxygens (including phenoxy) is 3. The van der Waals surface area contributed by atoms with Gasteiger partial charge in [0.1, 0.15) is 0 Å². The summed E-state index contributed by atoms with van der Waals surface area (Å²) in [5.41, 5.74) is 0.530. The van der Waals surface area contributed by atoms with E-state index in [1.165, 1.54) is 19.3 Å². The molecular weight excluding hydrogens is 320 g/mol. The van der Waals surface area contributed by atoms with Crippen LogP contribution in [0.15, 0.2) is 12.1 Å². The maximum atomic E-state index is 13.1. The Morgan fingerprint density at radius 1 is 0.960 bits per heavy atom. The summed E-state index contributed by atoms with van der Waals surface area (Å²) in [6.45, 7) is 3.90. The Morgan fingerprint density at radius 2 is 1.68 bits per heavy atom. The number of carbonyl (C=O) groups excluding carboxylic acids is 1. The summed E-state index contributed by atoms with van der Waals surface area (Å²) in [6, 6.07) is 4.00. The number of piperidine rings is 1. The van der Waals surface area contributed by atoms with Crippen LogP contribution in [0.1, 0.15) is 36.0 Å². The highest BCUT2D eigenvalue weighted by molar-refractivity contribution is 5.98. The number of carbonyl (C=O) groups is 1. The second-order valence-electron chi connectivity index (χ2n) is 6.67. The molecule has 2 fully saturated rings. The third-order valence-corrected chi connectivity index (χ3v) is 5.28. The standard InChI is InChI=1S/C19H28N2O4/c1-23-16-9-8-15(17(24-2)18(16)25-3)19(22)21-12-6-7-14(13-21)20-10-4-5-11-20/h8-9,14H,4-7,10-13H2,1-3H3. The van der Waals surface area contributed by atoms with Crippen molar-refractivity contribution in [1.29, 1.82) is 0 Å². The van der Waals surface area contributed by atoms with Crippen LogP contribution in [0, 0.1) is 0 Å². The fraction of sp³-hybridized carbons (Fsp3) is 0.632. The first-order valence-corrected chi connectivity index (χ1v) is 9.02. The van der Waals surface area contributed by atoms with E-state index in [1.807, 2.05) is 4.90 Å². The molecule has 1 amide bonds. The molecule has 0 bridgehead atoms. The van der Waals surface area contributed by atoms with Gasteiger partial charge in [0.25, 0.3) is 5.91 Å². The van der Waals surface area contributed by atoms with E-state index in [1.54, 1.807) is 33.5 Å². The smallest absolute Gasteiger partial charge is 0.257 e. The predicted octanol–water partition coefficient (Wildman–Crippen LogP) is 2.41. The monoisotopic (exact) mass is 348 g/mol. The molecule has 2 saturated heterocycles. The lowest BCUT2D eigenvalue weighted by Gasteiger charge is -2.37. The lowest BCUT2D eigenvalue weighted by Crippen LogP contribution is -2.49. The molecule has 1 aromatic rings. The lowest BCUT2D eigenvalue weighted by molar-refractivity contribution is 0.0604. The summed E-state index contributed by atoms with van der Waals surface area (Å²) in [5, 5.41) is 0. The molecule has 1 atom stereocenters. The highest BCUT2D eigenvalue weighted by Crippen LogP contribution is 2.40. The molecule has 0 aromatic heterocycles. The van der Waals surface area contributed by atoms with Crippen molar-refractivity contribution < 1.29 is 19.0 Å². The molecule has 0 radical (unpaired) electrons. The van der Waals surface area contributed by atoms with E-state index in [0.717, 1.165) is 32.6 Å². The van der Waals surface area contributed by atoms with E-state index in [0.29, 0.717) is 28.9 Å². The van der Waals surface area contributed by atoms with Gasteiger partial charge in [-0.05, 0) is 50.9 Å². The van der Waals surface area contributed by atoms with Gasteiger partial charge in [0, 0.05) is 19.1 Å². The van der Waals surface area contributed by atoms with Crippen molar-refractivity contribution in [1.82, 2.24) is 9.80 Å². The quantitative estimate of drug-likeness (QED) is 0.818. The van der Waals surface area contributed by atoms with Gasteiger partial charge in [-0.2, -0.15) is 0 Å². The Hall–Kier alpha value is -1.95. The van der Waals surface area contributed by atoms with E-state index in [9.17, 15) is 4.79 Å². The van der Waals surface area contributed by atoms with Crippen LogP contribution < -0.4 is 14.2 Å². The number of nitrogens with zero attached hydrogens (tertiary/aromatic N) is 2. The number of amides is 1. The molecule has 2 aliphatic rings. The third-order valence-electron chi connectivity index (χ3n) is 5.28. The van der Waals surface area contributed by atoms with Crippen molar-refractivity contribution in [2.45, 2.75) is 31.7 Å². The molecule has 2 heterocycles. The minimum absolute atomic E-state index is 0.00157. The minimum atomic E-state index is 0.00157. The maximum Gasteiger partial charge on any atom is 0.257 e. The summed E-state index contributed by atoms with van der Waals surface area (Å²) >= 11 is 0. The lowest BCUT2D eigenvalue weighted by atomic mass is 10.0. The van der Waals surface area contributed by atoms with E-state index in [2.05, 4.69) is 4.90 Å². The van der Waals surface area contributed by atoms with Crippen LogP contribution in [0.3, 0.4) is 0 Å². The van der Waals surface area contributed by atoms with Gasteiger partial charge in [-0.3, -0.25) is 9.69 Å². The third kappa shape index (κ3) is 3.54. The number of methoxy groups -OCH3 is 3. The van der Waals surface area contributed by atoms with Gasteiger partial charge in [0.2, 0.25) is 5.75 Å². The van der Waals surface area contributed by atoms with Crippen molar-refractivity contribution >= 4 is 5.91 Å². The Bertz CT molecular complexity index is 614. The molecule has 25 heavy (non-hydrogen) atoms. The Balaban J connectivity index is 1.82. The molecule has 6 nitrogen and oxygen atoms in total. The molecule has 2 aliphatic heterocycles.